The number of aliphatic carboxylic acids is 1. The van der Waals surface area contributed by atoms with Gasteiger partial charge in [0.1, 0.15) is 6.54 Å². The Morgan fingerprint density at radius 1 is 1.32 bits per heavy atom. The van der Waals surface area contributed by atoms with Gasteiger partial charge in [0.25, 0.3) is 0 Å². The Morgan fingerprint density at radius 2 is 1.95 bits per heavy atom. The Morgan fingerprint density at radius 3 is 2.53 bits per heavy atom. The van der Waals surface area contributed by atoms with E-state index in [2.05, 4.69) is 5.32 Å². The molecule has 0 spiro atoms. The predicted molar refractivity (Wildman–Crippen MR) is 68.6 cm³/mol. The van der Waals surface area contributed by atoms with E-state index < -0.39 is 17.9 Å². The zero-order chi connectivity index (χ0) is 14.4. The summed E-state index contributed by atoms with van der Waals surface area (Å²) in [6.45, 7) is -0.215. The number of carbonyl (C=O) groups is 3. The van der Waals surface area contributed by atoms with E-state index in [4.69, 9.17) is 10.8 Å². The molecular formula is C12H15N3O4. The third-order valence-corrected chi connectivity index (χ3v) is 2.34. The van der Waals surface area contributed by atoms with Crippen molar-refractivity contribution in [1.29, 1.82) is 0 Å². The van der Waals surface area contributed by atoms with Crippen molar-refractivity contribution in [3.63, 3.8) is 0 Å². The quantitative estimate of drug-likeness (QED) is 0.708. The number of nitrogens with one attached hydrogen (secondary N) is 1. The number of hydrogen-bond acceptors (Lipinski definition) is 3. The monoisotopic (exact) mass is 265 g/mol. The molecule has 3 amide bonds. The lowest BCUT2D eigenvalue weighted by molar-refractivity contribution is -0.136. The number of likely N-dealkylation sites (N-methyl/N-ethyl adjacent to an activating group) is 1. The highest BCUT2D eigenvalue weighted by Gasteiger charge is 2.13. The average molecular weight is 265 g/mol. The number of hydrogen-bond donors (Lipinski definition) is 3. The van der Waals surface area contributed by atoms with Gasteiger partial charge in [-0.2, -0.15) is 0 Å². The van der Waals surface area contributed by atoms with Crippen LogP contribution in [0.4, 0.5) is 10.5 Å². The average Bonchev–Trinajstić information content (AvgIpc) is 2.30. The molecule has 1 rings (SSSR count). The van der Waals surface area contributed by atoms with E-state index in [1.165, 1.54) is 7.05 Å². The van der Waals surface area contributed by atoms with Crippen LogP contribution in [0.3, 0.4) is 0 Å². The second-order valence-electron chi connectivity index (χ2n) is 3.98. The number of para-hydroxylation sites is 1. The zero-order valence-corrected chi connectivity index (χ0v) is 10.4. The van der Waals surface area contributed by atoms with Crippen molar-refractivity contribution in [3.8, 4) is 0 Å². The fraction of sp³-hybridized carbons (Fsp3) is 0.250. The van der Waals surface area contributed by atoms with Gasteiger partial charge in [-0.05, 0) is 11.6 Å². The van der Waals surface area contributed by atoms with Crippen LogP contribution >= 0.6 is 0 Å². The Hall–Kier alpha value is -2.57. The Bertz CT molecular complexity index is 502. The molecule has 0 saturated heterocycles. The summed E-state index contributed by atoms with van der Waals surface area (Å²) in [5, 5.41) is 11.3. The number of benzene rings is 1. The molecule has 102 valence electrons. The van der Waals surface area contributed by atoms with Crippen LogP contribution in [0, 0.1) is 0 Å². The fourth-order valence-corrected chi connectivity index (χ4v) is 1.48. The maximum atomic E-state index is 11.7. The van der Waals surface area contributed by atoms with Crippen molar-refractivity contribution >= 4 is 23.6 Å². The summed E-state index contributed by atoms with van der Waals surface area (Å²) >= 11 is 0. The predicted octanol–water partition coefficient (Wildman–Crippen LogP) is 0.263. The van der Waals surface area contributed by atoms with Gasteiger partial charge in [0, 0.05) is 12.7 Å². The molecule has 4 N–H and O–H groups in total. The lowest BCUT2D eigenvalue weighted by atomic mass is 10.1. The molecule has 1 aromatic carbocycles. The van der Waals surface area contributed by atoms with E-state index in [0.29, 0.717) is 11.3 Å². The summed E-state index contributed by atoms with van der Waals surface area (Å²) in [4.78, 5) is 34.3. The number of primary amides is 1. The first-order valence-corrected chi connectivity index (χ1v) is 5.50. The van der Waals surface area contributed by atoms with Crippen molar-refractivity contribution in [3.05, 3.63) is 29.8 Å². The molecule has 0 radical (unpaired) electrons. The smallest absolute Gasteiger partial charge is 0.322 e. The van der Waals surface area contributed by atoms with Gasteiger partial charge in [-0.25, -0.2) is 4.79 Å². The summed E-state index contributed by atoms with van der Waals surface area (Å²) in [5.41, 5.74) is 5.86. The van der Waals surface area contributed by atoms with Crippen LogP contribution in [0.15, 0.2) is 24.3 Å². The van der Waals surface area contributed by atoms with Crippen LogP contribution in [0.2, 0.25) is 0 Å². The fourth-order valence-electron chi connectivity index (χ4n) is 1.48. The molecule has 0 heterocycles. The van der Waals surface area contributed by atoms with Crippen LogP contribution in [-0.4, -0.2) is 41.5 Å². The minimum atomic E-state index is -0.993. The summed E-state index contributed by atoms with van der Waals surface area (Å²) < 4.78 is 0. The van der Waals surface area contributed by atoms with Crippen LogP contribution in [0.1, 0.15) is 5.56 Å². The normalized spacial score (nSPS) is 9.74. The first kappa shape index (κ1) is 14.5. The number of nitrogens with zero attached hydrogens (tertiary/aromatic N) is 1. The van der Waals surface area contributed by atoms with Gasteiger partial charge < -0.3 is 21.1 Å². The standard InChI is InChI=1S/C12H15N3O4/c1-15(7-10(13)16)12(19)14-9-5-3-2-4-8(9)6-11(17)18/h2-5H,6-7H2,1H3,(H2,13,16)(H,14,19)(H,17,18). The van der Waals surface area contributed by atoms with Crippen molar-refractivity contribution in [1.82, 2.24) is 4.90 Å². The largest absolute Gasteiger partial charge is 0.481 e. The SMILES string of the molecule is CN(CC(N)=O)C(=O)Nc1ccccc1CC(=O)O. The highest BCUT2D eigenvalue weighted by Crippen LogP contribution is 2.16. The van der Waals surface area contributed by atoms with Gasteiger partial charge in [0.05, 0.1) is 6.42 Å². The van der Waals surface area contributed by atoms with Gasteiger partial charge in [-0.1, -0.05) is 18.2 Å². The van der Waals surface area contributed by atoms with E-state index >= 15 is 0 Å². The summed E-state index contributed by atoms with van der Waals surface area (Å²) in [6.07, 6.45) is -0.198. The molecule has 0 aliphatic rings. The number of nitrogens with two attached hydrogens (primary N) is 1. The van der Waals surface area contributed by atoms with E-state index in [0.717, 1.165) is 4.90 Å². The number of amides is 3. The summed E-state index contributed by atoms with van der Waals surface area (Å²) in [7, 11) is 1.42. The molecule has 0 unspecified atom stereocenters. The minimum absolute atomic E-state index is 0.198. The second-order valence-corrected chi connectivity index (χ2v) is 3.98. The topological polar surface area (TPSA) is 113 Å². The number of carboxylic acids is 1. The van der Waals surface area contributed by atoms with Crippen molar-refractivity contribution in [2.45, 2.75) is 6.42 Å². The molecule has 7 nitrogen and oxygen atoms in total. The molecule has 0 bridgehead atoms. The maximum Gasteiger partial charge on any atom is 0.322 e. The Kier molecular flexibility index (Phi) is 4.87. The van der Waals surface area contributed by atoms with E-state index in [9.17, 15) is 14.4 Å². The van der Waals surface area contributed by atoms with Crippen LogP contribution in [0.25, 0.3) is 0 Å². The number of rotatable bonds is 5. The van der Waals surface area contributed by atoms with Gasteiger partial charge >= 0.3 is 12.0 Å². The van der Waals surface area contributed by atoms with Crippen LogP contribution in [-0.2, 0) is 16.0 Å². The summed E-state index contributed by atoms with van der Waals surface area (Å²) in [6, 6.07) is 6.03. The lowest BCUT2D eigenvalue weighted by Crippen LogP contribution is -2.38. The molecule has 19 heavy (non-hydrogen) atoms. The first-order valence-electron chi connectivity index (χ1n) is 5.50. The number of urea groups is 1. The van der Waals surface area contributed by atoms with Gasteiger partial charge in [0.2, 0.25) is 5.91 Å². The third-order valence-electron chi connectivity index (χ3n) is 2.34. The summed E-state index contributed by atoms with van der Waals surface area (Å²) in [5.74, 6) is -1.62. The highest BCUT2D eigenvalue weighted by atomic mass is 16.4. The molecule has 0 saturated carbocycles. The highest BCUT2D eigenvalue weighted by molar-refractivity contribution is 5.93. The molecule has 0 aliphatic carbocycles. The van der Waals surface area contributed by atoms with Crippen LogP contribution < -0.4 is 11.1 Å². The number of carbonyl (C=O) groups excluding carboxylic acids is 2. The Labute approximate surface area is 110 Å². The van der Waals surface area contributed by atoms with Gasteiger partial charge in [-0.15, -0.1) is 0 Å². The molecule has 1 aromatic rings. The number of carboxylic acid groups (broad SMARTS) is 1. The molecular weight excluding hydrogens is 250 g/mol. The van der Waals surface area contributed by atoms with Crippen LogP contribution in [0.5, 0.6) is 0 Å². The number of anilines is 1. The Balaban J connectivity index is 2.78. The van der Waals surface area contributed by atoms with E-state index in [-0.39, 0.29) is 13.0 Å². The first-order chi connectivity index (χ1) is 8.90. The van der Waals surface area contributed by atoms with E-state index in [1.54, 1.807) is 24.3 Å². The maximum absolute atomic E-state index is 11.7. The molecule has 0 aliphatic heterocycles. The zero-order valence-electron chi connectivity index (χ0n) is 10.4. The van der Waals surface area contributed by atoms with Gasteiger partial charge in [0.15, 0.2) is 0 Å². The second kappa shape index (κ2) is 6.39. The molecule has 7 heteroatoms. The lowest BCUT2D eigenvalue weighted by Gasteiger charge is -2.17. The van der Waals surface area contributed by atoms with Crippen molar-refractivity contribution in [2.24, 2.45) is 5.73 Å². The van der Waals surface area contributed by atoms with E-state index in [1.807, 2.05) is 0 Å². The van der Waals surface area contributed by atoms with Crippen molar-refractivity contribution < 1.29 is 19.5 Å². The van der Waals surface area contributed by atoms with Crippen molar-refractivity contribution in [2.75, 3.05) is 18.9 Å². The molecule has 0 fully saturated rings. The minimum Gasteiger partial charge on any atom is -0.481 e. The third kappa shape index (κ3) is 4.66. The van der Waals surface area contributed by atoms with Gasteiger partial charge in [-0.3, -0.25) is 9.59 Å². The molecule has 0 aromatic heterocycles. The molecule has 0 atom stereocenters.